The molecular weight excluding hydrogens is 506 g/mol. The van der Waals surface area contributed by atoms with E-state index in [-0.39, 0.29) is 24.0 Å². The van der Waals surface area contributed by atoms with Gasteiger partial charge in [0.2, 0.25) is 5.91 Å². The fourth-order valence-corrected chi connectivity index (χ4v) is 5.89. The van der Waals surface area contributed by atoms with Crippen LogP contribution in [-0.2, 0) is 19.2 Å². The summed E-state index contributed by atoms with van der Waals surface area (Å²) < 4.78 is 0. The highest BCUT2D eigenvalue weighted by atomic mass is 16.4. The van der Waals surface area contributed by atoms with Gasteiger partial charge in [-0.05, 0) is 50.9 Å². The minimum absolute atomic E-state index is 0.00881. The summed E-state index contributed by atoms with van der Waals surface area (Å²) >= 11 is 0. The van der Waals surface area contributed by atoms with Crippen molar-refractivity contribution in [3.63, 3.8) is 0 Å². The van der Waals surface area contributed by atoms with Crippen molar-refractivity contribution in [2.24, 2.45) is 17.8 Å². The molecule has 1 aliphatic rings. The van der Waals surface area contributed by atoms with E-state index in [1.165, 1.54) is 77.0 Å². The Labute approximate surface area is 243 Å². The van der Waals surface area contributed by atoms with Gasteiger partial charge in [0.15, 0.2) is 0 Å². The van der Waals surface area contributed by atoms with Crippen LogP contribution < -0.4 is 5.32 Å². The monoisotopic (exact) mass is 565 g/mol. The molecule has 0 bridgehead atoms. The van der Waals surface area contributed by atoms with Crippen molar-refractivity contribution in [1.82, 2.24) is 5.32 Å². The first-order valence-corrected chi connectivity index (χ1v) is 16.6. The number of Topliss-reactive ketones (excluding diaryl/α,β-unsaturated/α-hetero) is 1. The van der Waals surface area contributed by atoms with Gasteiger partial charge in [-0.15, -0.1) is 0 Å². The number of carbonyl (C=O) groups is 4. The highest BCUT2D eigenvalue weighted by Crippen LogP contribution is 2.31. The van der Waals surface area contributed by atoms with Crippen molar-refractivity contribution < 1.29 is 29.4 Å². The number of carboxylic acids is 2. The Bertz CT molecular complexity index is 701. The highest BCUT2D eigenvalue weighted by Gasteiger charge is 2.29. The van der Waals surface area contributed by atoms with Gasteiger partial charge in [0, 0.05) is 31.7 Å². The number of unbranched alkanes of at least 4 members (excludes halogenated alkanes) is 15. The summed E-state index contributed by atoms with van der Waals surface area (Å²) in [6.07, 6.45) is 24.4. The zero-order valence-electron chi connectivity index (χ0n) is 25.4. The average molecular weight is 566 g/mol. The maximum Gasteiger partial charge on any atom is 0.306 e. The summed E-state index contributed by atoms with van der Waals surface area (Å²) in [4.78, 5) is 46.3. The van der Waals surface area contributed by atoms with E-state index in [9.17, 15) is 24.3 Å². The molecule has 0 spiro atoms. The topological polar surface area (TPSA) is 121 Å². The first-order valence-electron chi connectivity index (χ1n) is 16.6. The van der Waals surface area contributed by atoms with Crippen molar-refractivity contribution >= 4 is 23.6 Å². The lowest BCUT2D eigenvalue weighted by molar-refractivity contribution is -0.144. The molecule has 0 aromatic carbocycles. The summed E-state index contributed by atoms with van der Waals surface area (Å²) in [6, 6.07) is 0. The number of nitrogens with one attached hydrogen (secondary N) is 1. The van der Waals surface area contributed by atoms with Gasteiger partial charge in [0.1, 0.15) is 5.78 Å². The predicted octanol–water partition coefficient (Wildman–Crippen LogP) is 8.09. The Morgan fingerprint density at radius 2 is 1.07 bits per heavy atom. The van der Waals surface area contributed by atoms with Crippen LogP contribution in [0.3, 0.4) is 0 Å². The van der Waals surface area contributed by atoms with Crippen LogP contribution in [0.25, 0.3) is 0 Å². The molecule has 0 aliphatic heterocycles. The second-order valence-electron chi connectivity index (χ2n) is 12.2. The second kappa shape index (κ2) is 23.8. The molecule has 3 N–H and O–H groups in total. The van der Waals surface area contributed by atoms with E-state index in [0.717, 1.165) is 51.4 Å². The molecule has 1 fully saturated rings. The SMILES string of the molecule is CC[C@@H](CC(=O)C1CCC(CNC(=O)CCCCCCCCCCCCCCCCCCC(=O)O)CC1)C(=O)O. The number of hydrogen-bond donors (Lipinski definition) is 3. The predicted molar refractivity (Wildman–Crippen MR) is 160 cm³/mol. The number of amides is 1. The third kappa shape index (κ3) is 19.2. The fourth-order valence-electron chi connectivity index (χ4n) is 5.89. The summed E-state index contributed by atoms with van der Waals surface area (Å²) in [7, 11) is 0. The maximum atomic E-state index is 12.4. The van der Waals surface area contributed by atoms with E-state index >= 15 is 0 Å². The molecule has 0 saturated heterocycles. The Morgan fingerprint density at radius 1 is 0.650 bits per heavy atom. The smallest absolute Gasteiger partial charge is 0.306 e. The Balaban J connectivity index is 1.87. The van der Waals surface area contributed by atoms with Crippen molar-refractivity contribution in [2.45, 2.75) is 161 Å². The van der Waals surface area contributed by atoms with Crippen molar-refractivity contribution in [2.75, 3.05) is 6.54 Å². The van der Waals surface area contributed by atoms with E-state index in [0.29, 0.717) is 31.7 Å². The number of aliphatic carboxylic acids is 2. The van der Waals surface area contributed by atoms with Crippen LogP contribution in [0.4, 0.5) is 0 Å². The second-order valence-corrected chi connectivity index (χ2v) is 12.2. The summed E-state index contributed by atoms with van der Waals surface area (Å²) in [5.41, 5.74) is 0. The quantitative estimate of drug-likeness (QED) is 0.0912. The summed E-state index contributed by atoms with van der Waals surface area (Å²) in [6.45, 7) is 2.51. The summed E-state index contributed by atoms with van der Waals surface area (Å²) in [5.74, 6) is -1.45. The molecule has 0 radical (unpaired) electrons. The van der Waals surface area contributed by atoms with Gasteiger partial charge in [0.05, 0.1) is 5.92 Å². The van der Waals surface area contributed by atoms with Crippen molar-refractivity contribution in [3.8, 4) is 0 Å². The molecule has 0 unspecified atom stereocenters. The van der Waals surface area contributed by atoms with Gasteiger partial charge >= 0.3 is 11.9 Å². The molecule has 1 atom stereocenters. The normalized spacial score (nSPS) is 17.8. The first kappa shape index (κ1) is 36.1. The lowest BCUT2D eigenvalue weighted by Gasteiger charge is -2.28. The molecule has 0 heterocycles. The van der Waals surface area contributed by atoms with Gasteiger partial charge in [-0.1, -0.05) is 96.8 Å². The average Bonchev–Trinajstić information content (AvgIpc) is 2.93. The largest absolute Gasteiger partial charge is 0.481 e. The number of carbonyl (C=O) groups excluding carboxylic acids is 2. The van der Waals surface area contributed by atoms with E-state index in [1.807, 2.05) is 6.92 Å². The molecule has 232 valence electrons. The van der Waals surface area contributed by atoms with Gasteiger partial charge in [-0.3, -0.25) is 19.2 Å². The molecule has 7 nitrogen and oxygen atoms in total. The van der Waals surface area contributed by atoms with Crippen LogP contribution in [0, 0.1) is 17.8 Å². The van der Waals surface area contributed by atoms with Crippen molar-refractivity contribution in [1.29, 1.82) is 0 Å². The molecule has 40 heavy (non-hydrogen) atoms. The number of rotatable bonds is 26. The van der Waals surface area contributed by atoms with Crippen molar-refractivity contribution in [3.05, 3.63) is 0 Å². The van der Waals surface area contributed by atoms with E-state index in [1.54, 1.807) is 0 Å². The first-order chi connectivity index (χ1) is 19.3. The third-order valence-electron chi connectivity index (χ3n) is 8.72. The van der Waals surface area contributed by atoms with E-state index in [2.05, 4.69) is 5.32 Å². The van der Waals surface area contributed by atoms with Gasteiger partial charge in [0.25, 0.3) is 0 Å². The number of hydrogen-bond acceptors (Lipinski definition) is 4. The molecule has 7 heteroatoms. The van der Waals surface area contributed by atoms with E-state index in [4.69, 9.17) is 5.11 Å². The van der Waals surface area contributed by atoms with Crippen LogP contribution in [0.1, 0.15) is 161 Å². The number of ketones is 1. The molecule has 1 aliphatic carbocycles. The van der Waals surface area contributed by atoms with Crippen LogP contribution >= 0.6 is 0 Å². The molecule has 0 aromatic heterocycles. The number of carboxylic acid groups (broad SMARTS) is 2. The van der Waals surface area contributed by atoms with Gasteiger partial charge < -0.3 is 15.5 Å². The zero-order valence-corrected chi connectivity index (χ0v) is 25.4. The third-order valence-corrected chi connectivity index (χ3v) is 8.72. The van der Waals surface area contributed by atoms with E-state index < -0.39 is 17.9 Å². The zero-order chi connectivity index (χ0) is 29.4. The Morgan fingerprint density at radius 3 is 1.48 bits per heavy atom. The maximum absolute atomic E-state index is 12.4. The van der Waals surface area contributed by atoms with Crippen LogP contribution in [0.15, 0.2) is 0 Å². The highest BCUT2D eigenvalue weighted by molar-refractivity contribution is 5.85. The lowest BCUT2D eigenvalue weighted by Crippen LogP contribution is -2.32. The molecule has 1 saturated carbocycles. The lowest BCUT2D eigenvalue weighted by atomic mass is 9.78. The standard InChI is InChI=1S/C33H59NO6/c1-2-28(33(39)40)25-30(35)29-23-21-27(22-24-29)26-34-31(36)19-17-15-13-11-9-7-5-3-4-6-8-10-12-14-16-18-20-32(37)38/h27-29H,2-26H2,1H3,(H,34,36)(H,37,38)(H,39,40)/t27?,28-,29?/m0/s1. The van der Waals surface area contributed by atoms with Gasteiger partial charge in [-0.2, -0.15) is 0 Å². The minimum atomic E-state index is -0.874. The fraction of sp³-hybridized carbons (Fsp3) is 0.879. The molecule has 1 amide bonds. The Hall–Kier alpha value is -1.92. The van der Waals surface area contributed by atoms with Crippen LogP contribution in [0.2, 0.25) is 0 Å². The molecular formula is C33H59NO6. The molecule has 1 rings (SSSR count). The Kier molecular flexibility index (Phi) is 21.4. The van der Waals surface area contributed by atoms with Crippen LogP contribution in [-0.4, -0.2) is 40.4 Å². The van der Waals surface area contributed by atoms with Gasteiger partial charge in [-0.25, -0.2) is 0 Å². The molecule has 0 aromatic rings. The van der Waals surface area contributed by atoms with Crippen LogP contribution in [0.5, 0.6) is 0 Å². The summed E-state index contributed by atoms with van der Waals surface area (Å²) in [5, 5.41) is 20.9. The minimum Gasteiger partial charge on any atom is -0.481 e.